The number of anilines is 4. The summed E-state index contributed by atoms with van der Waals surface area (Å²) in [6.45, 7) is 8.08. The topological polar surface area (TPSA) is 109 Å². The van der Waals surface area contributed by atoms with E-state index in [4.69, 9.17) is 29.5 Å². The maximum atomic E-state index is 9.16. The van der Waals surface area contributed by atoms with Crippen molar-refractivity contribution in [2.75, 3.05) is 61.6 Å². The number of nitrogens with zero attached hydrogens (tertiary/aromatic N) is 6. The van der Waals surface area contributed by atoms with Gasteiger partial charge in [0.15, 0.2) is 0 Å². The lowest BCUT2D eigenvalue weighted by atomic mass is 9.98. The summed E-state index contributed by atoms with van der Waals surface area (Å²) in [5.74, 6) is 3.40. The van der Waals surface area contributed by atoms with E-state index in [0.717, 1.165) is 43.1 Å². The standard InChI is InChI=1S/C26H35N7O3/c1-17(2)19-14-29-25(32-8-4-9-32)20-15-28-24(13-18(19)20)30-23-5-7-27-26(31-23)33-10-6-21(35-3)22(16-33)36-12-11-34/h5,7,13-15,17,21-22,34H,4,6,8-12,16H2,1-3H3,(H,27,28,30,31). The van der Waals surface area contributed by atoms with E-state index in [1.165, 1.54) is 17.4 Å². The van der Waals surface area contributed by atoms with Gasteiger partial charge < -0.3 is 29.7 Å². The number of methoxy groups -OCH3 is 1. The Morgan fingerprint density at radius 3 is 2.64 bits per heavy atom. The van der Waals surface area contributed by atoms with Crippen molar-refractivity contribution in [2.45, 2.75) is 44.8 Å². The molecule has 2 unspecified atom stereocenters. The highest BCUT2D eigenvalue weighted by Crippen LogP contribution is 2.34. The molecule has 0 saturated carbocycles. The Hall–Kier alpha value is -3.08. The van der Waals surface area contributed by atoms with E-state index < -0.39 is 0 Å². The SMILES string of the molecule is COC1CCN(c2nccc(Nc3cc4c(C(C)C)cnc(N5CCC5)c4cn3)n2)CC1OCCO. The molecule has 10 heteroatoms. The second-order valence-corrected chi connectivity index (χ2v) is 9.66. The van der Waals surface area contributed by atoms with Crippen molar-refractivity contribution in [3.63, 3.8) is 0 Å². The van der Waals surface area contributed by atoms with Crippen LogP contribution in [-0.4, -0.2) is 83.8 Å². The highest BCUT2D eigenvalue weighted by Gasteiger charge is 2.31. The highest BCUT2D eigenvalue weighted by atomic mass is 16.5. The van der Waals surface area contributed by atoms with Crippen LogP contribution in [0.5, 0.6) is 0 Å². The first-order valence-corrected chi connectivity index (χ1v) is 12.7. The number of piperidine rings is 1. The van der Waals surface area contributed by atoms with Crippen molar-refractivity contribution in [3.05, 3.63) is 36.3 Å². The molecule has 0 bridgehead atoms. The first-order valence-electron chi connectivity index (χ1n) is 12.7. The van der Waals surface area contributed by atoms with Gasteiger partial charge in [-0.25, -0.2) is 15.0 Å². The van der Waals surface area contributed by atoms with Crippen LogP contribution in [0.2, 0.25) is 0 Å². The summed E-state index contributed by atoms with van der Waals surface area (Å²) in [7, 11) is 1.69. The van der Waals surface area contributed by atoms with Crippen LogP contribution in [0.3, 0.4) is 0 Å². The minimum Gasteiger partial charge on any atom is -0.394 e. The summed E-state index contributed by atoms with van der Waals surface area (Å²) in [5.41, 5.74) is 1.21. The Morgan fingerprint density at radius 1 is 1.06 bits per heavy atom. The van der Waals surface area contributed by atoms with Crippen LogP contribution in [0.15, 0.2) is 30.7 Å². The van der Waals surface area contributed by atoms with Gasteiger partial charge in [0.1, 0.15) is 23.6 Å². The lowest BCUT2D eigenvalue weighted by Gasteiger charge is -2.37. The van der Waals surface area contributed by atoms with E-state index in [1.807, 2.05) is 18.5 Å². The molecule has 2 saturated heterocycles. The van der Waals surface area contributed by atoms with Crippen molar-refractivity contribution in [3.8, 4) is 0 Å². The van der Waals surface area contributed by atoms with Gasteiger partial charge in [0.2, 0.25) is 5.95 Å². The molecule has 0 spiro atoms. The number of hydrogen-bond donors (Lipinski definition) is 2. The predicted molar refractivity (Wildman–Crippen MR) is 140 cm³/mol. The molecule has 36 heavy (non-hydrogen) atoms. The van der Waals surface area contributed by atoms with E-state index in [0.29, 0.717) is 24.2 Å². The molecule has 0 aromatic carbocycles. The molecule has 0 radical (unpaired) electrons. The molecule has 2 aliphatic heterocycles. The first kappa shape index (κ1) is 24.6. The van der Waals surface area contributed by atoms with Crippen molar-refractivity contribution in [2.24, 2.45) is 0 Å². The number of aliphatic hydroxyl groups is 1. The Labute approximate surface area is 211 Å². The van der Waals surface area contributed by atoms with E-state index >= 15 is 0 Å². The number of nitrogens with one attached hydrogen (secondary N) is 1. The van der Waals surface area contributed by atoms with Crippen molar-refractivity contribution >= 4 is 34.2 Å². The number of fused-ring (bicyclic) bond motifs is 1. The summed E-state index contributed by atoms with van der Waals surface area (Å²) < 4.78 is 11.4. The van der Waals surface area contributed by atoms with Gasteiger partial charge in [0.25, 0.3) is 0 Å². The number of aliphatic hydroxyl groups excluding tert-OH is 1. The second kappa shape index (κ2) is 10.9. The number of aromatic nitrogens is 4. The summed E-state index contributed by atoms with van der Waals surface area (Å²) in [4.78, 5) is 23.1. The average molecular weight is 494 g/mol. The van der Waals surface area contributed by atoms with Gasteiger partial charge in [0.05, 0.1) is 19.3 Å². The van der Waals surface area contributed by atoms with E-state index in [1.54, 1.807) is 13.3 Å². The molecule has 2 atom stereocenters. The fourth-order valence-electron chi connectivity index (χ4n) is 4.86. The van der Waals surface area contributed by atoms with Crippen LogP contribution in [0.1, 0.15) is 38.2 Å². The monoisotopic (exact) mass is 493 g/mol. The zero-order chi connectivity index (χ0) is 25.1. The maximum Gasteiger partial charge on any atom is 0.227 e. The number of hydrogen-bond acceptors (Lipinski definition) is 10. The summed E-state index contributed by atoms with van der Waals surface area (Å²) in [5, 5.41) is 14.8. The Kier molecular flexibility index (Phi) is 7.45. The zero-order valence-electron chi connectivity index (χ0n) is 21.2. The largest absolute Gasteiger partial charge is 0.394 e. The highest BCUT2D eigenvalue weighted by molar-refractivity contribution is 5.96. The average Bonchev–Trinajstić information content (AvgIpc) is 2.86. The third-order valence-corrected chi connectivity index (χ3v) is 6.97. The first-order chi connectivity index (χ1) is 17.6. The van der Waals surface area contributed by atoms with Crippen molar-refractivity contribution in [1.82, 2.24) is 19.9 Å². The molecule has 0 amide bonds. The molecular weight excluding hydrogens is 458 g/mol. The fourth-order valence-corrected chi connectivity index (χ4v) is 4.86. The molecule has 5 heterocycles. The Morgan fingerprint density at radius 2 is 1.92 bits per heavy atom. The smallest absolute Gasteiger partial charge is 0.227 e. The number of pyridine rings is 2. The molecule has 192 valence electrons. The summed E-state index contributed by atoms with van der Waals surface area (Å²) >= 11 is 0. The van der Waals surface area contributed by atoms with Crippen LogP contribution >= 0.6 is 0 Å². The zero-order valence-corrected chi connectivity index (χ0v) is 21.2. The van der Waals surface area contributed by atoms with Crippen LogP contribution < -0.4 is 15.1 Å². The molecule has 10 nitrogen and oxygen atoms in total. The van der Waals surface area contributed by atoms with E-state index in [9.17, 15) is 0 Å². The van der Waals surface area contributed by atoms with Crippen molar-refractivity contribution < 1.29 is 14.6 Å². The lowest BCUT2D eigenvalue weighted by molar-refractivity contribution is -0.0707. The second-order valence-electron chi connectivity index (χ2n) is 9.66. The molecule has 2 fully saturated rings. The summed E-state index contributed by atoms with van der Waals surface area (Å²) in [6, 6.07) is 3.94. The van der Waals surface area contributed by atoms with Gasteiger partial charge in [-0.05, 0) is 41.8 Å². The molecule has 2 aliphatic rings. The van der Waals surface area contributed by atoms with E-state index in [-0.39, 0.29) is 25.4 Å². The van der Waals surface area contributed by atoms with Crippen LogP contribution in [0, 0.1) is 0 Å². The minimum atomic E-state index is -0.151. The fraction of sp³-hybridized carbons (Fsp3) is 0.538. The molecule has 2 N–H and O–H groups in total. The molecular formula is C26H35N7O3. The lowest BCUT2D eigenvalue weighted by Crippen LogP contribution is -2.49. The van der Waals surface area contributed by atoms with Gasteiger partial charge in [-0.2, -0.15) is 4.98 Å². The van der Waals surface area contributed by atoms with Gasteiger partial charge in [-0.1, -0.05) is 13.8 Å². The van der Waals surface area contributed by atoms with Gasteiger partial charge in [-0.15, -0.1) is 0 Å². The maximum absolute atomic E-state index is 9.16. The normalized spacial score (nSPS) is 20.1. The Bertz CT molecular complexity index is 1190. The summed E-state index contributed by atoms with van der Waals surface area (Å²) in [6.07, 6.45) is 7.52. The van der Waals surface area contributed by atoms with Crippen LogP contribution in [0.25, 0.3) is 10.8 Å². The van der Waals surface area contributed by atoms with Crippen LogP contribution in [-0.2, 0) is 9.47 Å². The molecule has 3 aromatic heterocycles. The number of ether oxygens (including phenoxy) is 2. The molecule has 5 rings (SSSR count). The van der Waals surface area contributed by atoms with Crippen LogP contribution in [0.4, 0.5) is 23.4 Å². The quantitative estimate of drug-likeness (QED) is 0.461. The van der Waals surface area contributed by atoms with Gasteiger partial charge >= 0.3 is 0 Å². The molecule has 0 aliphatic carbocycles. The number of rotatable bonds is 9. The van der Waals surface area contributed by atoms with Crippen molar-refractivity contribution in [1.29, 1.82) is 0 Å². The van der Waals surface area contributed by atoms with Gasteiger partial charge in [0, 0.05) is 57.3 Å². The van der Waals surface area contributed by atoms with E-state index in [2.05, 4.69) is 40.0 Å². The minimum absolute atomic E-state index is 0.0123. The third-order valence-electron chi connectivity index (χ3n) is 6.97. The molecule has 3 aromatic rings. The van der Waals surface area contributed by atoms with Gasteiger partial charge in [-0.3, -0.25) is 0 Å². The third kappa shape index (κ3) is 5.07. The predicted octanol–water partition coefficient (Wildman–Crippen LogP) is 3.10. The Balaban J connectivity index is 1.38.